The minimum absolute atomic E-state index is 0.437. The highest BCUT2D eigenvalue weighted by molar-refractivity contribution is 7.17. The van der Waals surface area contributed by atoms with Crippen molar-refractivity contribution in [2.75, 3.05) is 0 Å². The van der Waals surface area contributed by atoms with Crippen molar-refractivity contribution >= 4 is 17.2 Å². The molecule has 0 spiro atoms. The topological polar surface area (TPSA) is 67.2 Å². The molecular formula is C15H20FN3O2S. The first-order chi connectivity index (χ1) is 10.6. The molecule has 0 saturated heterocycles. The number of thiophene rings is 1. The van der Waals surface area contributed by atoms with Crippen LogP contribution >= 0.6 is 11.3 Å². The van der Waals surface area contributed by atoms with E-state index in [0.29, 0.717) is 11.3 Å². The Morgan fingerprint density at radius 2 is 2.23 bits per heavy atom. The molecule has 2 aromatic heterocycles. The van der Waals surface area contributed by atoms with Crippen LogP contribution in [0, 0.1) is 0 Å². The average molecular weight is 325 g/mol. The highest BCUT2D eigenvalue weighted by atomic mass is 32.1. The molecule has 1 amide bonds. The molecule has 22 heavy (non-hydrogen) atoms. The van der Waals surface area contributed by atoms with E-state index in [4.69, 9.17) is 5.21 Å². The van der Waals surface area contributed by atoms with Crippen LogP contribution in [0.5, 0.6) is 0 Å². The molecule has 2 heterocycles. The van der Waals surface area contributed by atoms with Crippen LogP contribution in [0.1, 0.15) is 42.3 Å². The van der Waals surface area contributed by atoms with E-state index in [0.717, 1.165) is 36.4 Å². The van der Waals surface area contributed by atoms with Crippen LogP contribution in [0.4, 0.5) is 4.39 Å². The van der Waals surface area contributed by atoms with Crippen LogP contribution < -0.4 is 5.48 Å². The lowest BCUT2D eigenvalue weighted by Crippen LogP contribution is -2.16. The van der Waals surface area contributed by atoms with Gasteiger partial charge in [-0.25, -0.2) is 9.87 Å². The Labute approximate surface area is 132 Å². The second-order valence-electron chi connectivity index (χ2n) is 5.20. The molecule has 2 aromatic rings. The lowest BCUT2D eigenvalue weighted by molar-refractivity contribution is 0.0711. The molecule has 120 valence electrons. The number of amides is 1. The van der Waals surface area contributed by atoms with Crippen molar-refractivity contribution < 1.29 is 14.4 Å². The van der Waals surface area contributed by atoms with Crippen molar-refractivity contribution in [2.24, 2.45) is 0 Å². The van der Waals surface area contributed by atoms with E-state index in [1.807, 2.05) is 23.0 Å². The lowest BCUT2D eigenvalue weighted by atomic mass is 10.1. The summed E-state index contributed by atoms with van der Waals surface area (Å²) in [4.78, 5) is 12.6. The van der Waals surface area contributed by atoms with Crippen LogP contribution in [0.3, 0.4) is 0 Å². The van der Waals surface area contributed by atoms with Gasteiger partial charge >= 0.3 is 0 Å². The monoisotopic (exact) mass is 325 g/mol. The van der Waals surface area contributed by atoms with Crippen molar-refractivity contribution in [2.45, 2.75) is 45.3 Å². The molecule has 0 aliphatic rings. The molecule has 0 saturated carbocycles. The number of aromatic nitrogens is 2. The summed E-state index contributed by atoms with van der Waals surface area (Å²) in [7, 11) is 0. The maximum atomic E-state index is 12.7. The van der Waals surface area contributed by atoms with Crippen LogP contribution in [0.25, 0.3) is 10.6 Å². The van der Waals surface area contributed by atoms with Gasteiger partial charge in [0, 0.05) is 12.7 Å². The second kappa shape index (κ2) is 8.05. The van der Waals surface area contributed by atoms with Crippen LogP contribution in [-0.2, 0) is 6.54 Å². The first kappa shape index (κ1) is 16.6. The van der Waals surface area contributed by atoms with Crippen molar-refractivity contribution in [1.29, 1.82) is 0 Å². The van der Waals surface area contributed by atoms with Crippen LogP contribution in [0.2, 0.25) is 0 Å². The van der Waals surface area contributed by atoms with Crippen molar-refractivity contribution in [1.82, 2.24) is 15.3 Å². The van der Waals surface area contributed by atoms with Gasteiger partial charge in [0.2, 0.25) is 0 Å². The van der Waals surface area contributed by atoms with Gasteiger partial charge in [-0.05, 0) is 38.0 Å². The normalized spacial score (nSPS) is 12.3. The number of nitrogens with one attached hydrogen (secondary N) is 1. The van der Waals surface area contributed by atoms with Gasteiger partial charge in [0.25, 0.3) is 5.91 Å². The summed E-state index contributed by atoms with van der Waals surface area (Å²) < 4.78 is 14.5. The predicted octanol–water partition coefficient (Wildman–Crippen LogP) is 3.65. The van der Waals surface area contributed by atoms with Gasteiger partial charge in [-0.3, -0.25) is 14.7 Å². The van der Waals surface area contributed by atoms with E-state index >= 15 is 0 Å². The van der Waals surface area contributed by atoms with Gasteiger partial charge in [-0.1, -0.05) is 12.8 Å². The molecule has 2 N–H and O–H groups in total. The molecule has 1 unspecified atom stereocenters. The highest BCUT2D eigenvalue weighted by Crippen LogP contribution is 2.26. The fourth-order valence-corrected chi connectivity index (χ4v) is 3.01. The summed E-state index contributed by atoms with van der Waals surface area (Å²) in [6.07, 6.45) is 4.66. The Kier molecular flexibility index (Phi) is 6.09. The molecule has 0 aliphatic carbocycles. The van der Waals surface area contributed by atoms with E-state index in [1.54, 1.807) is 18.5 Å². The number of hydrogen-bond donors (Lipinski definition) is 2. The van der Waals surface area contributed by atoms with E-state index in [-0.39, 0.29) is 0 Å². The number of alkyl halides is 1. The highest BCUT2D eigenvalue weighted by Gasteiger charge is 2.11. The van der Waals surface area contributed by atoms with E-state index in [9.17, 15) is 9.18 Å². The largest absolute Gasteiger partial charge is 0.288 e. The fraction of sp³-hybridized carbons (Fsp3) is 0.467. The smallest absolute Gasteiger partial charge is 0.284 e. The van der Waals surface area contributed by atoms with Crippen molar-refractivity contribution in [3.05, 3.63) is 29.3 Å². The summed E-state index contributed by atoms with van der Waals surface area (Å²) >= 11 is 1.28. The quantitative estimate of drug-likeness (QED) is 0.442. The maximum Gasteiger partial charge on any atom is 0.284 e. The van der Waals surface area contributed by atoms with Crippen molar-refractivity contribution in [3.63, 3.8) is 0 Å². The molecule has 1 atom stereocenters. The zero-order valence-electron chi connectivity index (χ0n) is 12.5. The van der Waals surface area contributed by atoms with Gasteiger partial charge in [-0.15, -0.1) is 11.3 Å². The Bertz CT molecular complexity index is 609. The molecule has 0 fully saturated rings. The van der Waals surface area contributed by atoms with E-state index < -0.39 is 12.1 Å². The first-order valence-corrected chi connectivity index (χ1v) is 8.14. The molecule has 0 aliphatic heterocycles. The molecule has 0 radical (unpaired) electrons. The number of unbranched alkanes of at least 4 members (excludes halogenated alkanes) is 2. The third-order valence-electron chi connectivity index (χ3n) is 3.31. The number of nitrogens with zero attached hydrogens (tertiary/aromatic N) is 2. The van der Waals surface area contributed by atoms with Gasteiger partial charge in [-0.2, -0.15) is 5.10 Å². The molecular weight excluding hydrogens is 305 g/mol. The molecule has 5 nitrogen and oxygen atoms in total. The van der Waals surface area contributed by atoms with Gasteiger partial charge < -0.3 is 0 Å². The predicted molar refractivity (Wildman–Crippen MR) is 83.8 cm³/mol. The summed E-state index contributed by atoms with van der Waals surface area (Å²) in [6.45, 7) is 2.39. The number of aryl methyl sites for hydroxylation is 1. The number of rotatable bonds is 8. The van der Waals surface area contributed by atoms with Crippen LogP contribution in [-0.4, -0.2) is 27.1 Å². The number of halogens is 1. The van der Waals surface area contributed by atoms with E-state index in [2.05, 4.69) is 5.10 Å². The number of carbonyl (C=O) groups is 1. The standard InChI is InChI=1S/C15H20FN3O2S/c1-11(16)5-3-2-4-9-19-10-8-12(17-19)13-6-7-14(22-13)15(20)18-21/h6-8,10-11,21H,2-5,9H2,1H3,(H,18,20). The van der Waals surface area contributed by atoms with Gasteiger partial charge in [0.05, 0.1) is 15.9 Å². The van der Waals surface area contributed by atoms with Gasteiger partial charge in [0.15, 0.2) is 0 Å². The summed E-state index contributed by atoms with van der Waals surface area (Å²) in [6, 6.07) is 5.36. The summed E-state index contributed by atoms with van der Waals surface area (Å²) in [5.41, 5.74) is 2.42. The van der Waals surface area contributed by atoms with Crippen molar-refractivity contribution in [3.8, 4) is 10.6 Å². The maximum absolute atomic E-state index is 12.7. The average Bonchev–Trinajstić information content (AvgIpc) is 3.14. The van der Waals surface area contributed by atoms with Gasteiger partial charge in [0.1, 0.15) is 5.69 Å². The zero-order valence-corrected chi connectivity index (χ0v) is 13.3. The van der Waals surface area contributed by atoms with Crippen LogP contribution in [0.15, 0.2) is 24.4 Å². The minimum Gasteiger partial charge on any atom is -0.288 e. The Morgan fingerprint density at radius 3 is 2.95 bits per heavy atom. The lowest BCUT2D eigenvalue weighted by Gasteiger charge is -2.03. The fourth-order valence-electron chi connectivity index (χ4n) is 2.15. The Balaban J connectivity index is 1.86. The summed E-state index contributed by atoms with van der Waals surface area (Å²) in [5.74, 6) is -0.516. The Hall–Kier alpha value is -1.73. The number of carbonyl (C=O) groups excluding carboxylic acids is 1. The van der Waals surface area contributed by atoms with E-state index in [1.165, 1.54) is 11.3 Å². The summed E-state index contributed by atoms with van der Waals surface area (Å²) in [5, 5.41) is 13.1. The SMILES string of the molecule is CC(F)CCCCCn1ccc(-c2ccc(C(=O)NO)s2)n1. The number of hydroxylamine groups is 1. The molecule has 7 heteroatoms. The zero-order chi connectivity index (χ0) is 15.9. The first-order valence-electron chi connectivity index (χ1n) is 7.32. The molecule has 2 rings (SSSR count). The second-order valence-corrected chi connectivity index (χ2v) is 6.28. The number of hydrogen-bond acceptors (Lipinski definition) is 4. The third kappa shape index (κ3) is 4.64. The molecule has 0 bridgehead atoms. The molecule has 0 aromatic carbocycles. The Morgan fingerprint density at radius 1 is 1.41 bits per heavy atom. The minimum atomic E-state index is -0.722. The third-order valence-corrected chi connectivity index (χ3v) is 4.42.